The number of hydrogen-bond donors (Lipinski definition) is 2. The van der Waals surface area contributed by atoms with Crippen molar-refractivity contribution in [1.82, 2.24) is 0 Å². The van der Waals surface area contributed by atoms with Gasteiger partial charge in [0.1, 0.15) is 0 Å². The van der Waals surface area contributed by atoms with Crippen LogP contribution in [0.3, 0.4) is 0 Å². The van der Waals surface area contributed by atoms with Crippen molar-refractivity contribution in [2.75, 3.05) is 0 Å². The van der Waals surface area contributed by atoms with Crippen molar-refractivity contribution in [3.8, 4) is 0 Å². The molecule has 0 aliphatic carbocycles. The van der Waals surface area contributed by atoms with Crippen molar-refractivity contribution < 1.29 is 13.1 Å². The minimum Gasteiger partial charge on any atom is -0.409 e. The van der Waals surface area contributed by atoms with Crippen LogP contribution in [0.2, 0.25) is 0 Å². The van der Waals surface area contributed by atoms with Crippen LogP contribution < -0.4 is 5.73 Å². The van der Waals surface area contributed by atoms with Crippen LogP contribution in [0.5, 0.6) is 0 Å². The second-order valence-electron chi connectivity index (χ2n) is 0.850. The van der Waals surface area contributed by atoms with Gasteiger partial charge in [-0.1, -0.05) is 5.16 Å². The minimum absolute atomic E-state index is 0.556. The molecular formula is C2H3IN2O3. The van der Waals surface area contributed by atoms with Gasteiger partial charge in [0.2, 0.25) is 5.84 Å². The molecule has 0 amide bonds. The van der Waals surface area contributed by atoms with Gasteiger partial charge in [-0.3, -0.25) is 0 Å². The first kappa shape index (κ1) is 7.47. The van der Waals surface area contributed by atoms with Crippen LogP contribution >= 0.6 is 23.0 Å². The van der Waals surface area contributed by atoms with E-state index in [9.17, 15) is 4.79 Å². The van der Waals surface area contributed by atoms with Gasteiger partial charge < -0.3 is 14.0 Å². The topological polar surface area (TPSA) is 84.9 Å². The molecule has 0 radical (unpaired) electrons. The SMILES string of the molecule is N/C(=N\O)C(=O)OI. The Hall–Kier alpha value is -0.530. The predicted molar refractivity (Wildman–Crippen MR) is 33.5 cm³/mol. The molecule has 0 saturated heterocycles. The molecule has 0 unspecified atom stereocenters. The Labute approximate surface area is 59.2 Å². The molecule has 0 saturated carbocycles. The van der Waals surface area contributed by atoms with Crippen LogP contribution in [0.25, 0.3) is 0 Å². The highest BCUT2D eigenvalue weighted by atomic mass is 127. The Balaban J connectivity index is 3.83. The van der Waals surface area contributed by atoms with Gasteiger partial charge in [-0.15, -0.1) is 0 Å². The Bertz CT molecular complexity index is 122. The van der Waals surface area contributed by atoms with E-state index < -0.39 is 11.8 Å². The number of rotatable bonds is 0. The molecule has 0 aliphatic rings. The van der Waals surface area contributed by atoms with Crippen LogP contribution in [0.1, 0.15) is 0 Å². The van der Waals surface area contributed by atoms with E-state index >= 15 is 0 Å². The summed E-state index contributed by atoms with van der Waals surface area (Å²) in [6, 6.07) is 0. The lowest BCUT2D eigenvalue weighted by Crippen LogP contribution is -2.23. The zero-order chi connectivity index (χ0) is 6.57. The van der Waals surface area contributed by atoms with Crippen LogP contribution in [-0.4, -0.2) is 17.0 Å². The summed E-state index contributed by atoms with van der Waals surface area (Å²) in [4.78, 5) is 10.1. The Morgan fingerprint density at radius 3 is 2.50 bits per heavy atom. The van der Waals surface area contributed by atoms with Gasteiger partial charge in [0.05, 0.1) is 0 Å². The highest BCUT2D eigenvalue weighted by molar-refractivity contribution is 14.1. The van der Waals surface area contributed by atoms with Crippen molar-refractivity contribution in [2.45, 2.75) is 0 Å². The number of halogens is 1. The van der Waals surface area contributed by atoms with Gasteiger partial charge in [0.15, 0.2) is 23.0 Å². The van der Waals surface area contributed by atoms with Gasteiger partial charge in [-0.05, 0) is 0 Å². The fourth-order valence-corrected chi connectivity index (χ4v) is 0.306. The third-order valence-electron chi connectivity index (χ3n) is 0.387. The van der Waals surface area contributed by atoms with E-state index in [1.807, 2.05) is 0 Å². The fourth-order valence-electron chi connectivity index (χ4n) is 0.0803. The molecule has 5 nitrogen and oxygen atoms in total. The number of nitrogens with two attached hydrogens (primary N) is 1. The standard InChI is InChI=1S/C2H3IN2O3/c3-8-2(6)1(4)5-7/h7H,(H2,4,5). The van der Waals surface area contributed by atoms with Crippen molar-refractivity contribution >= 4 is 34.8 Å². The lowest BCUT2D eigenvalue weighted by Gasteiger charge is -1.88. The molecule has 0 aliphatic heterocycles. The maximum Gasteiger partial charge on any atom is 0.386 e. The number of oxime groups is 1. The summed E-state index contributed by atoms with van der Waals surface area (Å²) >= 11 is 1.33. The van der Waals surface area contributed by atoms with Crippen molar-refractivity contribution in [2.24, 2.45) is 10.9 Å². The highest BCUT2D eigenvalue weighted by Crippen LogP contribution is 1.85. The van der Waals surface area contributed by atoms with Gasteiger partial charge in [0, 0.05) is 0 Å². The number of carbonyl (C=O) groups is 1. The molecule has 0 spiro atoms. The van der Waals surface area contributed by atoms with Crippen molar-refractivity contribution in [3.05, 3.63) is 0 Å². The van der Waals surface area contributed by atoms with Crippen LogP contribution in [-0.2, 0) is 7.86 Å². The molecule has 0 aromatic carbocycles. The molecule has 3 N–H and O–H groups in total. The van der Waals surface area contributed by atoms with Crippen LogP contribution in [0.15, 0.2) is 5.16 Å². The number of nitrogens with zero attached hydrogens (tertiary/aromatic N) is 1. The minimum atomic E-state index is -0.854. The van der Waals surface area contributed by atoms with E-state index in [2.05, 4.69) is 8.22 Å². The molecule has 0 rings (SSSR count). The van der Waals surface area contributed by atoms with Crippen molar-refractivity contribution in [1.29, 1.82) is 0 Å². The molecule has 0 atom stereocenters. The summed E-state index contributed by atoms with van der Waals surface area (Å²) in [6.45, 7) is 0. The molecule has 8 heavy (non-hydrogen) atoms. The van der Waals surface area contributed by atoms with Gasteiger partial charge in [0.25, 0.3) is 0 Å². The maximum absolute atomic E-state index is 10.1. The van der Waals surface area contributed by atoms with Gasteiger partial charge in [-0.2, -0.15) is 0 Å². The van der Waals surface area contributed by atoms with E-state index in [1.54, 1.807) is 0 Å². The lowest BCUT2D eigenvalue weighted by molar-refractivity contribution is -0.124. The average Bonchev–Trinajstić information content (AvgIpc) is 1.84. The zero-order valence-electron chi connectivity index (χ0n) is 3.67. The number of carbonyl (C=O) groups excluding carboxylic acids is 1. The van der Waals surface area contributed by atoms with Gasteiger partial charge >= 0.3 is 5.97 Å². The Morgan fingerprint density at radius 2 is 2.38 bits per heavy atom. The van der Waals surface area contributed by atoms with E-state index in [4.69, 9.17) is 10.9 Å². The second-order valence-corrected chi connectivity index (χ2v) is 1.29. The summed E-state index contributed by atoms with van der Waals surface area (Å²) < 4.78 is 4.02. The summed E-state index contributed by atoms with van der Waals surface area (Å²) in [6.07, 6.45) is 0. The molecule has 0 heterocycles. The van der Waals surface area contributed by atoms with E-state index in [1.165, 1.54) is 23.0 Å². The first-order valence-corrected chi connectivity index (χ1v) is 2.41. The smallest absolute Gasteiger partial charge is 0.386 e. The van der Waals surface area contributed by atoms with E-state index in [0.29, 0.717) is 0 Å². The third-order valence-corrected chi connectivity index (χ3v) is 0.787. The molecular weight excluding hydrogens is 227 g/mol. The summed E-state index contributed by atoms with van der Waals surface area (Å²) in [5.41, 5.74) is 4.75. The maximum atomic E-state index is 10.1. The Morgan fingerprint density at radius 1 is 1.88 bits per heavy atom. The molecule has 46 valence electrons. The third kappa shape index (κ3) is 1.96. The summed E-state index contributed by atoms with van der Waals surface area (Å²) in [5.74, 6) is -1.41. The van der Waals surface area contributed by atoms with Gasteiger partial charge in [-0.25, -0.2) is 4.79 Å². The number of amidine groups is 1. The summed E-state index contributed by atoms with van der Waals surface area (Å²) in [7, 11) is 0. The molecule has 0 aromatic heterocycles. The predicted octanol–water partition coefficient (Wildman–Crippen LogP) is -0.374. The van der Waals surface area contributed by atoms with Crippen LogP contribution in [0, 0.1) is 0 Å². The molecule has 6 heteroatoms. The number of hydrogen-bond acceptors (Lipinski definition) is 4. The molecule has 0 fully saturated rings. The Kier molecular flexibility index (Phi) is 3.24. The molecule has 0 bridgehead atoms. The zero-order valence-corrected chi connectivity index (χ0v) is 5.82. The van der Waals surface area contributed by atoms with Crippen LogP contribution in [0.4, 0.5) is 0 Å². The average molecular weight is 230 g/mol. The highest BCUT2D eigenvalue weighted by Gasteiger charge is 2.05. The fraction of sp³-hybridized carbons (Fsp3) is 0. The normalized spacial score (nSPS) is 10.9. The first-order valence-electron chi connectivity index (χ1n) is 1.52. The lowest BCUT2D eigenvalue weighted by atomic mass is 10.6. The van der Waals surface area contributed by atoms with E-state index in [0.717, 1.165) is 0 Å². The monoisotopic (exact) mass is 230 g/mol. The summed E-state index contributed by atoms with van der Waals surface area (Å²) in [5, 5.41) is 10.2. The quantitative estimate of drug-likeness (QED) is 0.195. The second kappa shape index (κ2) is 3.47. The van der Waals surface area contributed by atoms with Crippen molar-refractivity contribution in [3.63, 3.8) is 0 Å². The first-order chi connectivity index (χ1) is 3.72. The largest absolute Gasteiger partial charge is 0.409 e. The van der Waals surface area contributed by atoms with E-state index in [-0.39, 0.29) is 0 Å². The molecule has 0 aromatic rings.